The zero-order valence-electron chi connectivity index (χ0n) is 13.4. The van der Waals surface area contributed by atoms with Crippen molar-refractivity contribution in [3.8, 4) is 0 Å². The Morgan fingerprint density at radius 3 is 2.19 bits per heavy atom. The van der Waals surface area contributed by atoms with Gasteiger partial charge in [-0.2, -0.15) is 0 Å². The minimum absolute atomic E-state index is 0.00309. The van der Waals surface area contributed by atoms with E-state index < -0.39 is 0 Å². The van der Waals surface area contributed by atoms with E-state index in [4.69, 9.17) is 5.73 Å². The molecule has 21 heavy (non-hydrogen) atoms. The maximum Gasteiger partial charge on any atom is 0.227 e. The van der Waals surface area contributed by atoms with Crippen molar-refractivity contribution in [1.29, 1.82) is 0 Å². The molecule has 1 saturated carbocycles. The van der Waals surface area contributed by atoms with Crippen molar-refractivity contribution in [2.45, 2.75) is 52.0 Å². The third kappa shape index (κ3) is 4.19. The molecule has 1 heterocycles. The van der Waals surface area contributed by atoms with E-state index in [-0.39, 0.29) is 23.8 Å². The van der Waals surface area contributed by atoms with Gasteiger partial charge in [0.25, 0.3) is 0 Å². The lowest BCUT2D eigenvalue weighted by Crippen LogP contribution is -2.54. The van der Waals surface area contributed by atoms with Gasteiger partial charge >= 0.3 is 0 Å². The number of hydrogen-bond acceptors (Lipinski definition) is 3. The Hall–Kier alpha value is -1.10. The molecule has 2 fully saturated rings. The molecule has 0 aromatic heterocycles. The first-order chi connectivity index (χ1) is 9.99. The quantitative estimate of drug-likeness (QED) is 0.851. The first-order valence-electron chi connectivity index (χ1n) is 8.31. The molecule has 120 valence electrons. The van der Waals surface area contributed by atoms with E-state index >= 15 is 0 Å². The molecule has 0 aromatic carbocycles. The fourth-order valence-electron chi connectivity index (χ4n) is 3.36. The van der Waals surface area contributed by atoms with Crippen LogP contribution in [0, 0.1) is 11.8 Å². The van der Waals surface area contributed by atoms with Crippen molar-refractivity contribution >= 4 is 11.8 Å². The van der Waals surface area contributed by atoms with Gasteiger partial charge in [-0.05, 0) is 18.8 Å². The number of nitrogens with zero attached hydrogens (tertiary/aromatic N) is 2. The van der Waals surface area contributed by atoms with Crippen molar-refractivity contribution in [3.05, 3.63) is 0 Å². The van der Waals surface area contributed by atoms with Crippen LogP contribution < -0.4 is 5.73 Å². The Morgan fingerprint density at radius 2 is 1.62 bits per heavy atom. The Balaban J connectivity index is 1.83. The van der Waals surface area contributed by atoms with Crippen LogP contribution in [0.5, 0.6) is 0 Å². The van der Waals surface area contributed by atoms with Gasteiger partial charge in [0.2, 0.25) is 11.8 Å². The summed E-state index contributed by atoms with van der Waals surface area (Å²) in [7, 11) is 0. The van der Waals surface area contributed by atoms with Crippen molar-refractivity contribution < 1.29 is 9.59 Å². The predicted molar refractivity (Wildman–Crippen MR) is 82.5 cm³/mol. The summed E-state index contributed by atoms with van der Waals surface area (Å²) in [4.78, 5) is 28.4. The van der Waals surface area contributed by atoms with E-state index in [1.807, 2.05) is 9.80 Å². The van der Waals surface area contributed by atoms with E-state index in [2.05, 4.69) is 13.8 Å². The summed E-state index contributed by atoms with van der Waals surface area (Å²) in [5.74, 6) is 0.804. The molecule has 0 aromatic rings. The van der Waals surface area contributed by atoms with Gasteiger partial charge in [-0.3, -0.25) is 9.59 Å². The van der Waals surface area contributed by atoms with Crippen LogP contribution in [0.3, 0.4) is 0 Å². The highest BCUT2D eigenvalue weighted by molar-refractivity contribution is 5.80. The molecule has 2 amide bonds. The van der Waals surface area contributed by atoms with Gasteiger partial charge in [-0.15, -0.1) is 0 Å². The van der Waals surface area contributed by atoms with E-state index in [0.29, 0.717) is 38.5 Å². The molecule has 2 aliphatic rings. The van der Waals surface area contributed by atoms with E-state index in [9.17, 15) is 9.59 Å². The molecule has 5 heteroatoms. The Kier molecular flexibility index (Phi) is 5.62. The number of amides is 2. The summed E-state index contributed by atoms with van der Waals surface area (Å²) in [6.45, 7) is 6.76. The van der Waals surface area contributed by atoms with Crippen LogP contribution in [-0.2, 0) is 9.59 Å². The molecule has 0 radical (unpaired) electrons. The SMILES string of the molecule is CC(C)CC(=O)N1CCN(C(=O)C2CCCCC2N)CC1. The molecule has 1 aliphatic heterocycles. The number of hydrogen-bond donors (Lipinski definition) is 1. The summed E-state index contributed by atoms with van der Waals surface area (Å²) in [5.41, 5.74) is 6.10. The molecule has 0 bridgehead atoms. The normalized spacial score (nSPS) is 27.0. The monoisotopic (exact) mass is 295 g/mol. The molecule has 5 nitrogen and oxygen atoms in total. The second-order valence-corrected chi connectivity index (χ2v) is 6.86. The van der Waals surface area contributed by atoms with E-state index in [1.54, 1.807) is 0 Å². The topological polar surface area (TPSA) is 66.6 Å². The Labute approximate surface area is 127 Å². The highest BCUT2D eigenvalue weighted by atomic mass is 16.2. The number of nitrogens with two attached hydrogens (primary N) is 1. The van der Waals surface area contributed by atoms with Crippen molar-refractivity contribution in [3.63, 3.8) is 0 Å². The highest BCUT2D eigenvalue weighted by Crippen LogP contribution is 2.25. The number of rotatable bonds is 3. The average Bonchev–Trinajstić information content (AvgIpc) is 2.46. The zero-order valence-corrected chi connectivity index (χ0v) is 13.4. The first kappa shape index (κ1) is 16.3. The smallest absolute Gasteiger partial charge is 0.227 e. The minimum atomic E-state index is -0.00309. The van der Waals surface area contributed by atoms with Crippen LogP contribution in [0.1, 0.15) is 46.0 Å². The van der Waals surface area contributed by atoms with E-state index in [1.165, 1.54) is 0 Å². The van der Waals surface area contributed by atoms with Crippen LogP contribution in [0.4, 0.5) is 0 Å². The molecule has 0 spiro atoms. The van der Waals surface area contributed by atoms with Gasteiger partial charge in [0, 0.05) is 38.6 Å². The maximum atomic E-state index is 12.6. The standard InChI is InChI=1S/C16H29N3O2/c1-12(2)11-15(20)18-7-9-19(10-8-18)16(21)13-5-3-4-6-14(13)17/h12-14H,3-11,17H2,1-2H3. The van der Waals surface area contributed by atoms with E-state index in [0.717, 1.165) is 25.7 Å². The van der Waals surface area contributed by atoms with Crippen LogP contribution in [0.15, 0.2) is 0 Å². The maximum absolute atomic E-state index is 12.6. The van der Waals surface area contributed by atoms with Crippen molar-refractivity contribution in [2.24, 2.45) is 17.6 Å². The third-order valence-corrected chi connectivity index (χ3v) is 4.66. The van der Waals surface area contributed by atoms with Gasteiger partial charge in [-0.1, -0.05) is 26.7 Å². The molecular weight excluding hydrogens is 266 g/mol. The Morgan fingerprint density at radius 1 is 1.05 bits per heavy atom. The van der Waals surface area contributed by atoms with Crippen molar-refractivity contribution in [2.75, 3.05) is 26.2 Å². The lowest BCUT2D eigenvalue weighted by molar-refractivity contribution is -0.143. The molecular formula is C16H29N3O2. The van der Waals surface area contributed by atoms with Crippen LogP contribution in [0.25, 0.3) is 0 Å². The molecule has 1 aliphatic carbocycles. The predicted octanol–water partition coefficient (Wildman–Crippen LogP) is 1.22. The van der Waals surface area contributed by atoms with Crippen LogP contribution in [-0.4, -0.2) is 53.8 Å². The summed E-state index contributed by atoms with van der Waals surface area (Å²) in [6.07, 6.45) is 4.73. The summed E-state index contributed by atoms with van der Waals surface area (Å²) in [6, 6.07) is 0.0202. The highest BCUT2D eigenvalue weighted by Gasteiger charge is 2.33. The summed E-state index contributed by atoms with van der Waals surface area (Å²) < 4.78 is 0. The lowest BCUT2D eigenvalue weighted by Gasteiger charge is -2.38. The fraction of sp³-hybridized carbons (Fsp3) is 0.875. The number of carbonyl (C=O) groups is 2. The van der Waals surface area contributed by atoms with Crippen LogP contribution >= 0.6 is 0 Å². The minimum Gasteiger partial charge on any atom is -0.339 e. The van der Waals surface area contributed by atoms with Gasteiger partial charge in [0.1, 0.15) is 0 Å². The molecule has 2 atom stereocenters. The molecule has 2 N–H and O–H groups in total. The number of piperazine rings is 1. The summed E-state index contributed by atoms with van der Waals surface area (Å²) in [5, 5.41) is 0. The van der Waals surface area contributed by atoms with Crippen molar-refractivity contribution in [1.82, 2.24) is 9.80 Å². The third-order valence-electron chi connectivity index (χ3n) is 4.66. The van der Waals surface area contributed by atoms with Crippen LogP contribution in [0.2, 0.25) is 0 Å². The van der Waals surface area contributed by atoms with Gasteiger partial charge in [0.05, 0.1) is 5.92 Å². The molecule has 2 rings (SSSR count). The first-order valence-corrected chi connectivity index (χ1v) is 8.31. The number of carbonyl (C=O) groups excluding carboxylic acids is 2. The molecule has 1 saturated heterocycles. The average molecular weight is 295 g/mol. The molecule has 2 unspecified atom stereocenters. The largest absolute Gasteiger partial charge is 0.339 e. The Bertz CT molecular complexity index is 376. The van der Waals surface area contributed by atoms with Gasteiger partial charge in [-0.25, -0.2) is 0 Å². The summed E-state index contributed by atoms with van der Waals surface area (Å²) >= 11 is 0. The zero-order chi connectivity index (χ0) is 15.4. The second-order valence-electron chi connectivity index (χ2n) is 6.86. The van der Waals surface area contributed by atoms with Gasteiger partial charge in [0.15, 0.2) is 0 Å². The van der Waals surface area contributed by atoms with Gasteiger partial charge < -0.3 is 15.5 Å². The lowest BCUT2D eigenvalue weighted by atomic mass is 9.84. The second kappa shape index (κ2) is 7.25. The fourth-order valence-corrected chi connectivity index (χ4v) is 3.36.